The summed E-state index contributed by atoms with van der Waals surface area (Å²) < 4.78 is 7.25. The lowest BCUT2D eigenvalue weighted by molar-refractivity contribution is 0.201. The van der Waals surface area contributed by atoms with Crippen LogP contribution in [0.3, 0.4) is 0 Å². The van der Waals surface area contributed by atoms with Gasteiger partial charge in [0.1, 0.15) is 0 Å². The topological polar surface area (TPSA) is 47.4 Å². The molecule has 27 heavy (non-hydrogen) atoms. The van der Waals surface area contributed by atoms with Gasteiger partial charge in [-0.05, 0) is 64.4 Å². The smallest absolute Gasteiger partial charge is 0.274 e. The lowest BCUT2D eigenvalue weighted by Gasteiger charge is -2.26. The summed E-state index contributed by atoms with van der Waals surface area (Å²) in [6.07, 6.45) is 4.85. The van der Waals surface area contributed by atoms with Crippen LogP contribution in [-0.2, 0) is 0 Å². The molecule has 0 unspecified atom stereocenters. The number of nitrogens with zero attached hydrogens (tertiary/aromatic N) is 3. The third kappa shape index (κ3) is 4.84. The molecule has 1 fully saturated rings. The van der Waals surface area contributed by atoms with E-state index in [4.69, 9.17) is 27.9 Å². The molecule has 1 aromatic heterocycles. The molecule has 1 saturated heterocycles. The van der Waals surface area contributed by atoms with Gasteiger partial charge in [0, 0.05) is 17.7 Å². The molecule has 7 heteroatoms. The second-order valence-corrected chi connectivity index (χ2v) is 7.79. The first-order chi connectivity index (χ1) is 13.0. The van der Waals surface area contributed by atoms with Crippen molar-refractivity contribution in [2.75, 3.05) is 26.2 Å². The lowest BCUT2D eigenvalue weighted by atomic mass is 10.1. The number of hydrogen-bond donors (Lipinski definition) is 0. The van der Waals surface area contributed by atoms with Crippen LogP contribution in [0.4, 0.5) is 0 Å². The molecule has 2 aromatic rings. The van der Waals surface area contributed by atoms with E-state index in [-0.39, 0.29) is 5.56 Å². The molecule has 0 atom stereocenters. The quantitative estimate of drug-likeness (QED) is 0.662. The number of likely N-dealkylation sites (tertiary alicyclic amines) is 1. The van der Waals surface area contributed by atoms with E-state index in [1.165, 1.54) is 37.0 Å². The molecule has 0 amide bonds. The van der Waals surface area contributed by atoms with Gasteiger partial charge in [-0.3, -0.25) is 4.79 Å². The average Bonchev–Trinajstić information content (AvgIpc) is 2.68. The van der Waals surface area contributed by atoms with E-state index in [0.29, 0.717) is 33.8 Å². The highest BCUT2D eigenvalue weighted by Gasteiger charge is 2.15. The molecule has 0 spiro atoms. The van der Waals surface area contributed by atoms with Crippen LogP contribution in [-0.4, -0.2) is 40.9 Å². The zero-order chi connectivity index (χ0) is 19.4. The fourth-order valence-electron chi connectivity index (χ4n) is 3.26. The van der Waals surface area contributed by atoms with Gasteiger partial charge in [0.05, 0.1) is 22.3 Å². The Bertz CT molecular complexity index is 861. The molecular formula is C20H25Cl2N3O2. The van der Waals surface area contributed by atoms with Gasteiger partial charge in [0.15, 0.2) is 0 Å². The molecule has 0 saturated carbocycles. The van der Waals surface area contributed by atoms with Gasteiger partial charge in [0.2, 0.25) is 5.88 Å². The van der Waals surface area contributed by atoms with Crippen molar-refractivity contribution in [3.8, 4) is 11.6 Å². The molecule has 1 aliphatic rings. The molecule has 3 rings (SSSR count). The van der Waals surface area contributed by atoms with E-state index in [2.05, 4.69) is 10.00 Å². The van der Waals surface area contributed by atoms with Crippen LogP contribution in [0.2, 0.25) is 10.0 Å². The Hall–Kier alpha value is -1.56. The maximum absolute atomic E-state index is 12.6. The Morgan fingerprint density at radius 1 is 1.07 bits per heavy atom. The highest BCUT2D eigenvalue weighted by atomic mass is 35.5. The molecule has 0 radical (unpaired) electrons. The van der Waals surface area contributed by atoms with Crippen molar-refractivity contribution < 1.29 is 4.74 Å². The van der Waals surface area contributed by atoms with E-state index in [9.17, 15) is 4.79 Å². The van der Waals surface area contributed by atoms with Crippen molar-refractivity contribution in [3.05, 3.63) is 49.7 Å². The Kier molecular flexibility index (Phi) is 6.79. The van der Waals surface area contributed by atoms with Crippen LogP contribution in [0.15, 0.2) is 23.0 Å². The van der Waals surface area contributed by atoms with Gasteiger partial charge in [-0.25, -0.2) is 0 Å². The lowest BCUT2D eigenvalue weighted by Crippen LogP contribution is -2.31. The standard InChI is InChI=1S/C20H25Cl2N3O2/c1-14-15(2)20(26)25(16-7-8-17(21)18(22)13-16)23-19(14)27-12-6-11-24-9-4-3-5-10-24/h7-8,13H,3-6,9-12H2,1-2H3. The number of hydrogen-bond acceptors (Lipinski definition) is 4. The van der Waals surface area contributed by atoms with Crippen LogP contribution in [0.1, 0.15) is 36.8 Å². The second kappa shape index (κ2) is 9.09. The highest BCUT2D eigenvalue weighted by molar-refractivity contribution is 6.42. The molecule has 2 heterocycles. The SMILES string of the molecule is Cc1c(OCCCN2CCCCC2)nn(-c2ccc(Cl)c(Cl)c2)c(=O)c1C. The molecule has 0 N–H and O–H groups in total. The Balaban J connectivity index is 1.74. The fraction of sp³-hybridized carbons (Fsp3) is 0.500. The van der Waals surface area contributed by atoms with Gasteiger partial charge in [-0.15, -0.1) is 5.10 Å². The average molecular weight is 410 g/mol. The highest BCUT2D eigenvalue weighted by Crippen LogP contribution is 2.24. The Morgan fingerprint density at radius 2 is 1.81 bits per heavy atom. The first-order valence-corrected chi connectivity index (χ1v) is 10.1. The molecule has 0 aliphatic carbocycles. The number of rotatable bonds is 6. The van der Waals surface area contributed by atoms with Crippen molar-refractivity contribution in [2.24, 2.45) is 0 Å². The molecule has 146 valence electrons. The minimum Gasteiger partial charge on any atom is -0.476 e. The normalized spacial score (nSPS) is 15.1. The third-order valence-corrected chi connectivity index (χ3v) is 5.78. The van der Waals surface area contributed by atoms with Crippen molar-refractivity contribution in [1.29, 1.82) is 0 Å². The second-order valence-electron chi connectivity index (χ2n) is 6.97. The molecule has 1 aliphatic heterocycles. The number of halogens is 2. The molecule has 1 aromatic carbocycles. The van der Waals surface area contributed by atoms with Crippen molar-refractivity contribution in [1.82, 2.24) is 14.7 Å². The summed E-state index contributed by atoms with van der Waals surface area (Å²) >= 11 is 12.1. The maximum Gasteiger partial charge on any atom is 0.274 e. The molecule has 5 nitrogen and oxygen atoms in total. The molecule has 0 bridgehead atoms. The monoisotopic (exact) mass is 409 g/mol. The summed E-state index contributed by atoms with van der Waals surface area (Å²) in [5, 5.41) is 5.24. The summed E-state index contributed by atoms with van der Waals surface area (Å²) in [6.45, 7) is 7.61. The van der Waals surface area contributed by atoms with E-state index in [0.717, 1.165) is 18.5 Å². The first kappa shape index (κ1) is 20.2. The van der Waals surface area contributed by atoms with Crippen LogP contribution in [0, 0.1) is 13.8 Å². The van der Waals surface area contributed by atoms with E-state index < -0.39 is 0 Å². The van der Waals surface area contributed by atoms with Gasteiger partial charge in [-0.2, -0.15) is 4.68 Å². The van der Waals surface area contributed by atoms with Crippen molar-refractivity contribution in [3.63, 3.8) is 0 Å². The zero-order valence-electron chi connectivity index (χ0n) is 15.8. The van der Waals surface area contributed by atoms with Crippen molar-refractivity contribution >= 4 is 23.2 Å². The number of piperidine rings is 1. The van der Waals surface area contributed by atoms with Gasteiger partial charge >= 0.3 is 0 Å². The summed E-state index contributed by atoms with van der Waals surface area (Å²) in [5.41, 5.74) is 1.76. The van der Waals surface area contributed by atoms with Gasteiger partial charge < -0.3 is 9.64 Å². The van der Waals surface area contributed by atoms with E-state index in [1.54, 1.807) is 25.1 Å². The van der Waals surface area contributed by atoms with Crippen LogP contribution < -0.4 is 10.3 Å². The minimum atomic E-state index is -0.188. The largest absolute Gasteiger partial charge is 0.476 e. The molecular weight excluding hydrogens is 385 g/mol. The van der Waals surface area contributed by atoms with Crippen LogP contribution >= 0.6 is 23.2 Å². The summed E-state index contributed by atoms with van der Waals surface area (Å²) in [7, 11) is 0. The zero-order valence-corrected chi connectivity index (χ0v) is 17.3. The van der Waals surface area contributed by atoms with E-state index in [1.807, 2.05) is 6.92 Å². The maximum atomic E-state index is 12.6. The third-order valence-electron chi connectivity index (χ3n) is 5.04. The summed E-state index contributed by atoms with van der Waals surface area (Å²) in [5.74, 6) is 0.483. The summed E-state index contributed by atoms with van der Waals surface area (Å²) in [6, 6.07) is 5.01. The number of benzene rings is 1. The van der Waals surface area contributed by atoms with Crippen LogP contribution in [0.5, 0.6) is 5.88 Å². The van der Waals surface area contributed by atoms with Crippen LogP contribution in [0.25, 0.3) is 5.69 Å². The number of aromatic nitrogens is 2. The summed E-state index contributed by atoms with van der Waals surface area (Å²) in [4.78, 5) is 15.1. The predicted molar refractivity (Wildman–Crippen MR) is 110 cm³/mol. The predicted octanol–water partition coefficient (Wildman–Crippen LogP) is 4.41. The Labute approximate surface area is 169 Å². The van der Waals surface area contributed by atoms with E-state index >= 15 is 0 Å². The fourth-order valence-corrected chi connectivity index (χ4v) is 3.55. The van der Waals surface area contributed by atoms with Gasteiger partial charge in [0.25, 0.3) is 5.56 Å². The van der Waals surface area contributed by atoms with Gasteiger partial charge in [-0.1, -0.05) is 29.6 Å². The Morgan fingerprint density at radius 3 is 2.52 bits per heavy atom. The first-order valence-electron chi connectivity index (χ1n) is 9.38. The minimum absolute atomic E-state index is 0.188. The number of ether oxygens (including phenoxy) is 1. The van der Waals surface area contributed by atoms with Crippen molar-refractivity contribution in [2.45, 2.75) is 39.5 Å².